The average Bonchev–Trinajstić information content (AvgIpc) is 2.58. The highest BCUT2D eigenvalue weighted by Crippen LogP contribution is 2.08. The van der Waals surface area contributed by atoms with Gasteiger partial charge >= 0.3 is 0 Å². The lowest BCUT2D eigenvalue weighted by Crippen LogP contribution is -2.00. The Morgan fingerprint density at radius 3 is 3.23 bits per heavy atom. The van der Waals surface area contributed by atoms with Gasteiger partial charge in [0.25, 0.3) is 0 Å². The standard InChI is InChI=1S/C9H12N4/c10-3-1-2-8-9-6-11-4-5-13(9)7-12-8/h4-7H,1-3,10H2. The number of aromatic nitrogens is 3. The molecule has 4 heteroatoms. The fourth-order valence-corrected chi connectivity index (χ4v) is 1.36. The second kappa shape index (κ2) is 3.53. The molecule has 2 aromatic heterocycles. The van der Waals surface area contributed by atoms with Gasteiger partial charge < -0.3 is 10.1 Å². The van der Waals surface area contributed by atoms with Crippen molar-refractivity contribution >= 4 is 5.52 Å². The van der Waals surface area contributed by atoms with E-state index in [0.717, 1.165) is 24.1 Å². The molecule has 0 aliphatic carbocycles. The third-order valence-electron chi connectivity index (χ3n) is 2.04. The largest absolute Gasteiger partial charge is 0.330 e. The van der Waals surface area contributed by atoms with Crippen LogP contribution in [0.2, 0.25) is 0 Å². The van der Waals surface area contributed by atoms with Gasteiger partial charge in [-0.25, -0.2) is 4.98 Å². The van der Waals surface area contributed by atoms with Gasteiger partial charge in [-0.15, -0.1) is 0 Å². The SMILES string of the molecule is NCCCc1ncn2ccncc12. The van der Waals surface area contributed by atoms with Gasteiger partial charge in [0.1, 0.15) is 0 Å². The van der Waals surface area contributed by atoms with E-state index in [1.165, 1.54) is 0 Å². The fraction of sp³-hybridized carbons (Fsp3) is 0.333. The Kier molecular flexibility index (Phi) is 2.23. The Bertz CT molecular complexity index is 393. The summed E-state index contributed by atoms with van der Waals surface area (Å²) in [5.74, 6) is 0. The number of nitrogens with two attached hydrogens (primary N) is 1. The molecule has 0 spiro atoms. The molecule has 2 rings (SSSR count). The molecule has 0 aliphatic heterocycles. The van der Waals surface area contributed by atoms with Gasteiger partial charge in [0.2, 0.25) is 0 Å². The summed E-state index contributed by atoms with van der Waals surface area (Å²) in [5, 5.41) is 0. The van der Waals surface area contributed by atoms with E-state index in [1.54, 1.807) is 6.20 Å². The van der Waals surface area contributed by atoms with Gasteiger partial charge in [-0.1, -0.05) is 0 Å². The van der Waals surface area contributed by atoms with Crippen molar-refractivity contribution in [2.24, 2.45) is 5.73 Å². The topological polar surface area (TPSA) is 56.2 Å². The Balaban J connectivity index is 2.35. The first-order valence-electron chi connectivity index (χ1n) is 4.37. The first-order chi connectivity index (χ1) is 6.42. The summed E-state index contributed by atoms with van der Waals surface area (Å²) in [4.78, 5) is 8.36. The summed E-state index contributed by atoms with van der Waals surface area (Å²) in [7, 11) is 0. The van der Waals surface area contributed by atoms with Gasteiger partial charge in [0, 0.05) is 12.4 Å². The summed E-state index contributed by atoms with van der Waals surface area (Å²) in [6.07, 6.45) is 9.19. The second-order valence-corrected chi connectivity index (χ2v) is 2.95. The lowest BCUT2D eigenvalue weighted by molar-refractivity contribution is 0.820. The Labute approximate surface area is 76.4 Å². The van der Waals surface area contributed by atoms with Crippen molar-refractivity contribution in [3.8, 4) is 0 Å². The number of aryl methyl sites for hydroxylation is 1. The van der Waals surface area contributed by atoms with E-state index in [-0.39, 0.29) is 0 Å². The Morgan fingerprint density at radius 1 is 1.46 bits per heavy atom. The van der Waals surface area contributed by atoms with Crippen LogP contribution in [0.5, 0.6) is 0 Å². The third-order valence-corrected chi connectivity index (χ3v) is 2.04. The monoisotopic (exact) mass is 176 g/mol. The predicted octanol–water partition coefficient (Wildman–Crippen LogP) is 0.621. The molecule has 2 aromatic rings. The van der Waals surface area contributed by atoms with E-state index < -0.39 is 0 Å². The van der Waals surface area contributed by atoms with Crippen LogP contribution in [0.25, 0.3) is 5.52 Å². The molecule has 0 aliphatic rings. The van der Waals surface area contributed by atoms with Gasteiger partial charge in [0.15, 0.2) is 0 Å². The Hall–Kier alpha value is -1.42. The van der Waals surface area contributed by atoms with Gasteiger partial charge in [-0.05, 0) is 19.4 Å². The summed E-state index contributed by atoms with van der Waals surface area (Å²) in [5.41, 5.74) is 7.60. The second-order valence-electron chi connectivity index (χ2n) is 2.95. The number of nitrogens with zero attached hydrogens (tertiary/aromatic N) is 3. The molecular formula is C9H12N4. The third kappa shape index (κ3) is 1.53. The summed E-state index contributed by atoms with van der Waals surface area (Å²) in [6.45, 7) is 0.708. The molecule has 0 saturated carbocycles. The zero-order valence-electron chi connectivity index (χ0n) is 7.35. The average molecular weight is 176 g/mol. The predicted molar refractivity (Wildman–Crippen MR) is 50.4 cm³/mol. The Morgan fingerprint density at radius 2 is 2.38 bits per heavy atom. The molecule has 0 amide bonds. The minimum atomic E-state index is 0.708. The van der Waals surface area contributed by atoms with Gasteiger partial charge in [-0.2, -0.15) is 0 Å². The maximum atomic E-state index is 5.44. The zero-order valence-corrected chi connectivity index (χ0v) is 7.35. The summed E-state index contributed by atoms with van der Waals surface area (Å²) in [6, 6.07) is 0. The van der Waals surface area contributed by atoms with Crippen molar-refractivity contribution in [2.45, 2.75) is 12.8 Å². The van der Waals surface area contributed by atoms with Crippen molar-refractivity contribution in [1.82, 2.24) is 14.4 Å². The number of imidazole rings is 1. The van der Waals surface area contributed by atoms with Gasteiger partial charge in [-0.3, -0.25) is 4.98 Å². The lowest BCUT2D eigenvalue weighted by Gasteiger charge is -1.95. The molecule has 0 radical (unpaired) electrons. The normalized spacial score (nSPS) is 10.8. The fourth-order valence-electron chi connectivity index (χ4n) is 1.36. The maximum absolute atomic E-state index is 5.44. The molecule has 4 nitrogen and oxygen atoms in total. The highest BCUT2D eigenvalue weighted by atomic mass is 15.0. The molecule has 0 atom stereocenters. The van der Waals surface area contributed by atoms with Crippen molar-refractivity contribution in [2.75, 3.05) is 6.54 Å². The van der Waals surface area contributed by atoms with Crippen LogP contribution in [-0.4, -0.2) is 20.9 Å². The number of fused-ring (bicyclic) bond motifs is 1. The first-order valence-corrected chi connectivity index (χ1v) is 4.37. The molecule has 13 heavy (non-hydrogen) atoms. The molecule has 0 unspecified atom stereocenters. The quantitative estimate of drug-likeness (QED) is 0.745. The minimum Gasteiger partial charge on any atom is -0.330 e. The molecule has 0 fully saturated rings. The highest BCUT2D eigenvalue weighted by molar-refractivity contribution is 5.49. The minimum absolute atomic E-state index is 0.708. The number of rotatable bonds is 3. The molecule has 0 saturated heterocycles. The van der Waals surface area contributed by atoms with Crippen molar-refractivity contribution in [1.29, 1.82) is 0 Å². The van der Waals surface area contributed by atoms with Gasteiger partial charge in [0.05, 0.1) is 23.7 Å². The van der Waals surface area contributed by atoms with Crippen molar-refractivity contribution < 1.29 is 0 Å². The number of hydrogen-bond acceptors (Lipinski definition) is 3. The maximum Gasteiger partial charge on any atom is 0.0996 e. The van der Waals surface area contributed by atoms with Crippen molar-refractivity contribution in [3.05, 3.63) is 30.6 Å². The van der Waals surface area contributed by atoms with Crippen molar-refractivity contribution in [3.63, 3.8) is 0 Å². The van der Waals surface area contributed by atoms with E-state index in [4.69, 9.17) is 5.73 Å². The van der Waals surface area contributed by atoms with Crippen LogP contribution in [0, 0.1) is 0 Å². The van der Waals surface area contributed by atoms with E-state index in [0.29, 0.717) is 6.54 Å². The van der Waals surface area contributed by atoms with E-state index in [1.807, 2.05) is 23.1 Å². The van der Waals surface area contributed by atoms with Crippen LogP contribution in [0.4, 0.5) is 0 Å². The molecular weight excluding hydrogens is 164 g/mol. The molecule has 0 bridgehead atoms. The summed E-state index contributed by atoms with van der Waals surface area (Å²) < 4.78 is 1.97. The first kappa shape index (κ1) is 8.19. The van der Waals surface area contributed by atoms with Crippen LogP contribution in [-0.2, 0) is 6.42 Å². The van der Waals surface area contributed by atoms with E-state index >= 15 is 0 Å². The van der Waals surface area contributed by atoms with Crippen LogP contribution in [0.1, 0.15) is 12.1 Å². The lowest BCUT2D eigenvalue weighted by atomic mass is 10.2. The zero-order chi connectivity index (χ0) is 9.10. The smallest absolute Gasteiger partial charge is 0.0996 e. The van der Waals surface area contributed by atoms with E-state index in [2.05, 4.69) is 9.97 Å². The van der Waals surface area contributed by atoms with Crippen LogP contribution in [0.15, 0.2) is 24.9 Å². The van der Waals surface area contributed by atoms with Crippen LogP contribution >= 0.6 is 0 Å². The molecule has 68 valence electrons. The molecule has 2 heterocycles. The highest BCUT2D eigenvalue weighted by Gasteiger charge is 2.02. The van der Waals surface area contributed by atoms with Crippen LogP contribution in [0.3, 0.4) is 0 Å². The number of hydrogen-bond donors (Lipinski definition) is 1. The molecule has 2 N–H and O–H groups in total. The summed E-state index contributed by atoms with van der Waals surface area (Å²) >= 11 is 0. The molecule has 0 aromatic carbocycles. The van der Waals surface area contributed by atoms with Crippen LogP contribution < -0.4 is 5.73 Å². The van der Waals surface area contributed by atoms with E-state index in [9.17, 15) is 0 Å².